The zero-order chi connectivity index (χ0) is 17.8. The molecule has 1 fully saturated rings. The third kappa shape index (κ3) is 4.20. The lowest BCUT2D eigenvalue weighted by Crippen LogP contribution is -2.30. The highest BCUT2D eigenvalue weighted by molar-refractivity contribution is 5.76. The third-order valence-electron chi connectivity index (χ3n) is 4.74. The molecule has 25 heavy (non-hydrogen) atoms. The molecule has 1 aliphatic heterocycles. The Morgan fingerprint density at radius 2 is 2.20 bits per heavy atom. The van der Waals surface area contributed by atoms with Gasteiger partial charge in [-0.05, 0) is 37.6 Å². The monoisotopic (exact) mass is 344 g/mol. The van der Waals surface area contributed by atoms with Crippen LogP contribution in [-0.2, 0) is 11.2 Å². The van der Waals surface area contributed by atoms with Crippen molar-refractivity contribution in [2.24, 2.45) is 5.92 Å². The number of nitrogens with zero attached hydrogens (tertiary/aromatic N) is 2. The van der Waals surface area contributed by atoms with Gasteiger partial charge in [0.25, 0.3) is 0 Å². The molecule has 1 N–H and O–H groups in total. The molecule has 0 spiro atoms. The van der Waals surface area contributed by atoms with Gasteiger partial charge in [-0.2, -0.15) is 0 Å². The smallest absolute Gasteiger partial charge is 0.223 e. The van der Waals surface area contributed by atoms with Crippen LogP contribution in [0.5, 0.6) is 5.75 Å². The van der Waals surface area contributed by atoms with E-state index in [-0.39, 0.29) is 17.9 Å². The molecule has 2 heterocycles. The van der Waals surface area contributed by atoms with Crippen molar-refractivity contribution in [2.45, 2.75) is 32.3 Å². The number of carbonyl (C=O) groups excluding carboxylic acids is 1. The molecule has 1 aliphatic rings. The van der Waals surface area contributed by atoms with E-state index in [2.05, 4.69) is 4.98 Å². The normalized spacial score (nSPS) is 18.4. The zero-order valence-electron chi connectivity index (χ0n) is 14.6. The van der Waals surface area contributed by atoms with E-state index < -0.39 is 0 Å². The highest BCUT2D eigenvalue weighted by Gasteiger charge is 2.28. The molecule has 2 aromatic rings. The fraction of sp³-hybridized carbons (Fsp3) is 0.474. The lowest BCUT2D eigenvalue weighted by Gasteiger charge is -2.17. The number of aromatic nitrogens is 1. The standard InChI is InChI=1S/C19H24N2O4/c1-13(22)15-9-10-21(12-15)19(23)8-7-18-20-11-17(25-18)14-3-5-16(24-2)6-4-14/h3-6,11,13,15,22H,7-10,12H2,1-2H3. The topological polar surface area (TPSA) is 75.8 Å². The van der Waals surface area contributed by atoms with Gasteiger partial charge in [-0.15, -0.1) is 0 Å². The Balaban J connectivity index is 1.54. The third-order valence-corrected chi connectivity index (χ3v) is 4.74. The maximum Gasteiger partial charge on any atom is 0.223 e. The largest absolute Gasteiger partial charge is 0.497 e. The van der Waals surface area contributed by atoms with Crippen LogP contribution in [0.2, 0.25) is 0 Å². The first-order valence-electron chi connectivity index (χ1n) is 8.62. The number of aliphatic hydroxyl groups is 1. The number of likely N-dealkylation sites (tertiary alicyclic amines) is 1. The van der Waals surface area contributed by atoms with Crippen molar-refractivity contribution in [1.82, 2.24) is 9.88 Å². The van der Waals surface area contributed by atoms with Gasteiger partial charge < -0.3 is 19.2 Å². The highest BCUT2D eigenvalue weighted by atomic mass is 16.5. The summed E-state index contributed by atoms with van der Waals surface area (Å²) in [5, 5.41) is 9.63. The summed E-state index contributed by atoms with van der Waals surface area (Å²) >= 11 is 0. The molecule has 0 saturated carbocycles. The molecule has 0 aliphatic carbocycles. The van der Waals surface area contributed by atoms with Crippen LogP contribution in [0.1, 0.15) is 25.7 Å². The Kier molecular flexibility index (Phi) is 5.38. The molecular formula is C19H24N2O4. The van der Waals surface area contributed by atoms with E-state index in [9.17, 15) is 9.90 Å². The van der Waals surface area contributed by atoms with E-state index in [0.29, 0.717) is 31.0 Å². The average molecular weight is 344 g/mol. The molecule has 1 saturated heterocycles. The van der Waals surface area contributed by atoms with Crippen molar-refractivity contribution in [1.29, 1.82) is 0 Å². The van der Waals surface area contributed by atoms with Gasteiger partial charge in [-0.25, -0.2) is 4.98 Å². The number of hydrogen-bond acceptors (Lipinski definition) is 5. The van der Waals surface area contributed by atoms with Crippen molar-refractivity contribution >= 4 is 5.91 Å². The molecule has 1 aromatic carbocycles. The minimum Gasteiger partial charge on any atom is -0.497 e. The minimum absolute atomic E-state index is 0.0901. The SMILES string of the molecule is COc1ccc(-c2cnc(CCC(=O)N3CCC(C(C)O)C3)o2)cc1. The molecule has 3 rings (SSSR count). The molecule has 2 atom stereocenters. The van der Waals surface area contributed by atoms with Gasteiger partial charge in [0.1, 0.15) is 5.75 Å². The Bertz CT molecular complexity index is 708. The van der Waals surface area contributed by atoms with Crippen molar-refractivity contribution in [2.75, 3.05) is 20.2 Å². The Morgan fingerprint density at radius 1 is 1.44 bits per heavy atom. The second-order valence-electron chi connectivity index (χ2n) is 6.48. The number of methoxy groups -OCH3 is 1. The van der Waals surface area contributed by atoms with Crippen LogP contribution < -0.4 is 4.74 Å². The fourth-order valence-electron chi connectivity index (χ4n) is 3.09. The van der Waals surface area contributed by atoms with Crippen molar-refractivity contribution in [3.8, 4) is 17.1 Å². The van der Waals surface area contributed by atoms with Crippen LogP contribution in [0.3, 0.4) is 0 Å². The van der Waals surface area contributed by atoms with Crippen molar-refractivity contribution in [3.05, 3.63) is 36.4 Å². The van der Waals surface area contributed by atoms with E-state index in [1.165, 1.54) is 0 Å². The summed E-state index contributed by atoms with van der Waals surface area (Å²) in [7, 11) is 1.63. The van der Waals surface area contributed by atoms with Gasteiger partial charge in [0.15, 0.2) is 11.7 Å². The maximum atomic E-state index is 12.3. The quantitative estimate of drug-likeness (QED) is 0.871. The van der Waals surface area contributed by atoms with Crippen LogP contribution in [0.15, 0.2) is 34.9 Å². The van der Waals surface area contributed by atoms with Gasteiger partial charge in [-0.3, -0.25) is 4.79 Å². The van der Waals surface area contributed by atoms with Gasteiger partial charge in [0.2, 0.25) is 5.91 Å². The lowest BCUT2D eigenvalue weighted by atomic mass is 10.0. The first-order chi connectivity index (χ1) is 12.1. The van der Waals surface area contributed by atoms with Gasteiger partial charge in [0, 0.05) is 37.4 Å². The van der Waals surface area contributed by atoms with Crippen LogP contribution in [0.4, 0.5) is 0 Å². The number of carbonyl (C=O) groups is 1. The number of aryl methyl sites for hydroxylation is 1. The minimum atomic E-state index is -0.364. The lowest BCUT2D eigenvalue weighted by molar-refractivity contribution is -0.130. The average Bonchev–Trinajstić information content (AvgIpc) is 3.29. The molecule has 134 valence electrons. The molecule has 0 radical (unpaired) electrons. The van der Waals surface area contributed by atoms with Crippen LogP contribution in [0.25, 0.3) is 11.3 Å². The van der Waals surface area contributed by atoms with Crippen LogP contribution >= 0.6 is 0 Å². The summed E-state index contributed by atoms with van der Waals surface area (Å²) in [6.07, 6.45) is 3.03. The zero-order valence-corrected chi connectivity index (χ0v) is 14.6. The summed E-state index contributed by atoms with van der Waals surface area (Å²) in [5.74, 6) is 2.31. The molecule has 2 unspecified atom stereocenters. The van der Waals surface area contributed by atoms with E-state index in [1.807, 2.05) is 29.2 Å². The van der Waals surface area contributed by atoms with Crippen LogP contribution in [0, 0.1) is 5.92 Å². The van der Waals surface area contributed by atoms with E-state index in [0.717, 1.165) is 24.3 Å². The Labute approximate surface area is 147 Å². The molecule has 6 heteroatoms. The second kappa shape index (κ2) is 7.70. The Hall–Kier alpha value is -2.34. The van der Waals surface area contributed by atoms with E-state index in [1.54, 1.807) is 20.2 Å². The van der Waals surface area contributed by atoms with Gasteiger partial charge in [0.05, 0.1) is 19.4 Å². The maximum absolute atomic E-state index is 12.3. The number of hydrogen-bond donors (Lipinski definition) is 1. The van der Waals surface area contributed by atoms with E-state index >= 15 is 0 Å². The summed E-state index contributed by atoms with van der Waals surface area (Å²) in [5.41, 5.74) is 0.921. The molecular weight excluding hydrogens is 320 g/mol. The molecule has 6 nitrogen and oxygen atoms in total. The summed E-state index contributed by atoms with van der Waals surface area (Å²) < 4.78 is 10.9. The number of benzene rings is 1. The van der Waals surface area contributed by atoms with Crippen molar-refractivity contribution in [3.63, 3.8) is 0 Å². The van der Waals surface area contributed by atoms with Crippen LogP contribution in [-0.4, -0.2) is 47.2 Å². The molecule has 1 aromatic heterocycles. The summed E-state index contributed by atoms with van der Waals surface area (Å²) in [4.78, 5) is 18.4. The number of amides is 1. The predicted molar refractivity (Wildman–Crippen MR) is 93.2 cm³/mol. The summed E-state index contributed by atoms with van der Waals surface area (Å²) in [6.45, 7) is 3.14. The second-order valence-corrected chi connectivity index (χ2v) is 6.48. The highest BCUT2D eigenvalue weighted by Crippen LogP contribution is 2.24. The molecule has 0 bridgehead atoms. The number of rotatable bonds is 6. The number of ether oxygens (including phenoxy) is 1. The first-order valence-corrected chi connectivity index (χ1v) is 8.62. The first kappa shape index (κ1) is 17.5. The number of aliphatic hydroxyl groups excluding tert-OH is 1. The van der Waals surface area contributed by atoms with E-state index in [4.69, 9.17) is 9.15 Å². The predicted octanol–water partition coefficient (Wildman–Crippen LogP) is 2.51. The van der Waals surface area contributed by atoms with Gasteiger partial charge >= 0.3 is 0 Å². The fourth-order valence-corrected chi connectivity index (χ4v) is 3.09. The van der Waals surface area contributed by atoms with Gasteiger partial charge in [-0.1, -0.05) is 0 Å². The number of oxazole rings is 1. The molecule has 1 amide bonds. The Morgan fingerprint density at radius 3 is 2.84 bits per heavy atom. The van der Waals surface area contributed by atoms with Crippen molar-refractivity contribution < 1.29 is 19.1 Å². The summed E-state index contributed by atoms with van der Waals surface area (Å²) in [6, 6.07) is 7.56.